The van der Waals surface area contributed by atoms with E-state index in [0.29, 0.717) is 16.3 Å². The van der Waals surface area contributed by atoms with Gasteiger partial charge in [-0.3, -0.25) is 4.79 Å². The maximum Gasteiger partial charge on any atom is 0.261 e. The van der Waals surface area contributed by atoms with Crippen molar-refractivity contribution in [2.24, 2.45) is 10.2 Å². The molecule has 0 bridgehead atoms. The first kappa shape index (κ1) is 12.0. The quantitative estimate of drug-likeness (QED) is 0.597. The van der Waals surface area contributed by atoms with Gasteiger partial charge in [0.2, 0.25) is 0 Å². The lowest BCUT2D eigenvalue weighted by molar-refractivity contribution is -0.116. The number of rotatable bonds is 1. The van der Waals surface area contributed by atoms with Gasteiger partial charge in [-0.1, -0.05) is 24.3 Å². The number of phenols is 2. The van der Waals surface area contributed by atoms with E-state index in [9.17, 15) is 15.0 Å². The predicted octanol–water partition coefficient (Wildman–Crippen LogP) is 3.19. The van der Waals surface area contributed by atoms with Crippen molar-refractivity contribution in [3.8, 4) is 11.5 Å². The van der Waals surface area contributed by atoms with E-state index in [2.05, 4.69) is 10.2 Å². The van der Waals surface area contributed by atoms with Gasteiger partial charge in [-0.15, -0.1) is 10.2 Å². The molecule has 0 aromatic heterocycles. The van der Waals surface area contributed by atoms with Crippen LogP contribution in [0.15, 0.2) is 34.5 Å². The first-order chi connectivity index (χ1) is 8.52. The molecule has 0 atom stereocenters. The van der Waals surface area contributed by atoms with Crippen LogP contribution in [0.4, 0.5) is 5.69 Å². The minimum atomic E-state index is -0.471. The van der Waals surface area contributed by atoms with Gasteiger partial charge in [0.1, 0.15) is 11.4 Å². The van der Waals surface area contributed by atoms with Crippen molar-refractivity contribution in [1.82, 2.24) is 0 Å². The molecule has 5 heteroatoms. The number of nitrogens with zero attached hydrogens (tertiary/aromatic N) is 2. The largest absolute Gasteiger partial charge is 0.507 e. The summed E-state index contributed by atoms with van der Waals surface area (Å²) in [4.78, 5) is 10.8. The third-order valence-corrected chi connectivity index (χ3v) is 2.66. The molecule has 2 rings (SSSR count). The fourth-order valence-electron chi connectivity index (χ4n) is 1.76. The summed E-state index contributed by atoms with van der Waals surface area (Å²) in [5, 5.41) is 28.2. The fourth-order valence-corrected chi connectivity index (χ4v) is 1.76. The van der Waals surface area contributed by atoms with E-state index >= 15 is 0 Å². The second-order valence-corrected chi connectivity index (χ2v) is 3.94. The highest BCUT2D eigenvalue weighted by molar-refractivity contribution is 5.98. The van der Waals surface area contributed by atoms with Gasteiger partial charge in [0.15, 0.2) is 5.75 Å². The van der Waals surface area contributed by atoms with Crippen LogP contribution in [-0.2, 0) is 4.79 Å². The Bertz CT molecular complexity index is 663. The summed E-state index contributed by atoms with van der Waals surface area (Å²) in [5.74, 6) is -0.534. The van der Waals surface area contributed by atoms with Crippen LogP contribution in [-0.4, -0.2) is 16.1 Å². The smallest absolute Gasteiger partial charge is 0.261 e. The molecule has 0 aliphatic carbocycles. The first-order valence-electron chi connectivity index (χ1n) is 5.38. The molecule has 0 aliphatic heterocycles. The Kier molecular flexibility index (Phi) is 2.97. The molecule has 0 fully saturated rings. The zero-order valence-corrected chi connectivity index (χ0v) is 10.0. The highest BCUT2D eigenvalue weighted by Crippen LogP contribution is 2.44. The van der Waals surface area contributed by atoms with E-state index in [4.69, 9.17) is 0 Å². The number of fused-ring (bicyclic) bond motifs is 1. The Morgan fingerprint density at radius 3 is 2.22 bits per heavy atom. The lowest BCUT2D eigenvalue weighted by Crippen LogP contribution is -1.84. The number of aromatic hydroxyl groups is 2. The standard InChI is InChI=1S/C13H12N2O3/c1-7-11(15-14-8(2)16)13(18)10-6-4-3-5-9(10)12(7)17/h3-6,17-18H,1-2H3. The third-order valence-electron chi connectivity index (χ3n) is 2.66. The molecular weight excluding hydrogens is 232 g/mol. The maximum absolute atomic E-state index is 10.8. The van der Waals surface area contributed by atoms with Crippen LogP contribution in [0, 0.1) is 6.92 Å². The van der Waals surface area contributed by atoms with Crippen molar-refractivity contribution in [2.75, 3.05) is 0 Å². The highest BCUT2D eigenvalue weighted by atomic mass is 16.3. The zero-order chi connectivity index (χ0) is 13.3. The number of phenolic OH excluding ortho intramolecular Hbond substituents is 2. The van der Waals surface area contributed by atoms with E-state index < -0.39 is 5.91 Å². The molecule has 18 heavy (non-hydrogen) atoms. The van der Waals surface area contributed by atoms with Crippen LogP contribution in [0.2, 0.25) is 0 Å². The van der Waals surface area contributed by atoms with Gasteiger partial charge >= 0.3 is 0 Å². The molecule has 0 saturated carbocycles. The molecule has 0 saturated heterocycles. The van der Waals surface area contributed by atoms with Crippen LogP contribution in [0.25, 0.3) is 10.8 Å². The SMILES string of the molecule is CC(=O)N=Nc1c(C)c(O)c2ccccc2c1O. The second kappa shape index (κ2) is 4.44. The fraction of sp³-hybridized carbons (Fsp3) is 0.154. The molecule has 0 unspecified atom stereocenters. The third kappa shape index (κ3) is 1.90. The number of hydrogen-bond donors (Lipinski definition) is 2. The van der Waals surface area contributed by atoms with Crippen LogP contribution in [0.5, 0.6) is 11.5 Å². The van der Waals surface area contributed by atoms with Gasteiger partial charge in [0, 0.05) is 23.3 Å². The summed E-state index contributed by atoms with van der Waals surface area (Å²) in [5.41, 5.74) is 0.498. The maximum atomic E-state index is 10.8. The summed E-state index contributed by atoms with van der Waals surface area (Å²) in [7, 11) is 0. The number of azo groups is 1. The summed E-state index contributed by atoms with van der Waals surface area (Å²) in [6.45, 7) is 2.87. The number of benzene rings is 2. The first-order valence-corrected chi connectivity index (χ1v) is 5.38. The minimum Gasteiger partial charge on any atom is -0.507 e. The summed E-state index contributed by atoms with van der Waals surface area (Å²) >= 11 is 0. The minimum absolute atomic E-state index is 0.0286. The highest BCUT2D eigenvalue weighted by Gasteiger charge is 2.15. The van der Waals surface area contributed by atoms with E-state index in [-0.39, 0.29) is 17.2 Å². The van der Waals surface area contributed by atoms with Gasteiger partial charge in [-0.05, 0) is 6.92 Å². The van der Waals surface area contributed by atoms with Gasteiger partial charge in [0.25, 0.3) is 5.91 Å². The van der Waals surface area contributed by atoms with E-state index in [1.165, 1.54) is 6.92 Å². The number of carbonyl (C=O) groups excluding carboxylic acids is 1. The van der Waals surface area contributed by atoms with Gasteiger partial charge in [-0.25, -0.2) is 0 Å². The van der Waals surface area contributed by atoms with Crippen LogP contribution in [0.1, 0.15) is 12.5 Å². The Balaban J connectivity index is 2.78. The Morgan fingerprint density at radius 2 is 1.67 bits per heavy atom. The molecule has 0 heterocycles. The topological polar surface area (TPSA) is 82.2 Å². The lowest BCUT2D eigenvalue weighted by Gasteiger charge is -2.09. The predicted molar refractivity (Wildman–Crippen MR) is 67.2 cm³/mol. The van der Waals surface area contributed by atoms with Crippen molar-refractivity contribution in [1.29, 1.82) is 0 Å². The molecule has 0 radical (unpaired) electrons. The Morgan fingerprint density at radius 1 is 1.11 bits per heavy atom. The Labute approximate surface area is 103 Å². The normalized spacial score (nSPS) is 11.2. The number of carbonyl (C=O) groups is 1. The summed E-state index contributed by atoms with van der Waals surface area (Å²) in [6, 6.07) is 6.86. The molecule has 0 spiro atoms. The van der Waals surface area contributed by atoms with E-state index in [0.717, 1.165) is 0 Å². The van der Waals surface area contributed by atoms with Crippen molar-refractivity contribution < 1.29 is 15.0 Å². The second-order valence-electron chi connectivity index (χ2n) is 3.94. The van der Waals surface area contributed by atoms with E-state index in [1.807, 2.05) is 0 Å². The van der Waals surface area contributed by atoms with Crippen molar-refractivity contribution in [3.63, 3.8) is 0 Å². The zero-order valence-electron chi connectivity index (χ0n) is 10.0. The molecule has 2 aromatic rings. The van der Waals surface area contributed by atoms with Crippen LogP contribution in [0.3, 0.4) is 0 Å². The molecular formula is C13H12N2O3. The molecule has 92 valence electrons. The lowest BCUT2D eigenvalue weighted by atomic mass is 10.0. The van der Waals surface area contributed by atoms with E-state index in [1.54, 1.807) is 31.2 Å². The Hall–Kier alpha value is -2.43. The molecule has 1 amide bonds. The summed E-state index contributed by atoms with van der Waals surface area (Å²) < 4.78 is 0. The average molecular weight is 244 g/mol. The average Bonchev–Trinajstić information content (AvgIpc) is 2.36. The molecule has 2 aromatic carbocycles. The van der Waals surface area contributed by atoms with Crippen LogP contribution >= 0.6 is 0 Å². The van der Waals surface area contributed by atoms with Crippen LogP contribution < -0.4 is 0 Å². The number of amides is 1. The van der Waals surface area contributed by atoms with Gasteiger partial charge < -0.3 is 10.2 Å². The molecule has 0 aliphatic rings. The number of hydrogen-bond acceptors (Lipinski definition) is 4. The van der Waals surface area contributed by atoms with Gasteiger partial charge in [0.05, 0.1) is 0 Å². The molecule has 5 nitrogen and oxygen atoms in total. The van der Waals surface area contributed by atoms with Crippen molar-refractivity contribution >= 4 is 22.4 Å². The van der Waals surface area contributed by atoms with Crippen molar-refractivity contribution in [2.45, 2.75) is 13.8 Å². The summed E-state index contributed by atoms with van der Waals surface area (Å²) in [6.07, 6.45) is 0. The molecule has 2 N–H and O–H groups in total. The van der Waals surface area contributed by atoms with Gasteiger partial charge in [-0.2, -0.15) is 0 Å². The monoisotopic (exact) mass is 244 g/mol. The van der Waals surface area contributed by atoms with Crippen molar-refractivity contribution in [3.05, 3.63) is 29.8 Å².